The van der Waals surface area contributed by atoms with Gasteiger partial charge in [0, 0.05) is 13.0 Å². The predicted octanol–water partition coefficient (Wildman–Crippen LogP) is 10.9. The van der Waals surface area contributed by atoms with Crippen LogP contribution in [0.1, 0.15) is 174 Å². The average molecular weight is 725 g/mol. The first-order chi connectivity index (χ1) is 24.4. The second-order valence-corrected chi connectivity index (χ2v) is 14.9. The van der Waals surface area contributed by atoms with Gasteiger partial charge in [-0.15, -0.1) is 0 Å². The summed E-state index contributed by atoms with van der Waals surface area (Å²) in [6.07, 6.45) is 44.4. The Morgan fingerprint density at radius 1 is 0.660 bits per heavy atom. The van der Waals surface area contributed by atoms with Gasteiger partial charge in [0.1, 0.15) is 0 Å². The lowest BCUT2D eigenvalue weighted by Crippen LogP contribution is -2.45. The number of amides is 1. The minimum atomic E-state index is -4.34. The van der Waals surface area contributed by atoms with Crippen LogP contribution >= 0.6 is 7.82 Å². The van der Waals surface area contributed by atoms with E-state index in [1.807, 2.05) is 6.08 Å². The molecule has 0 rings (SSSR count). The van der Waals surface area contributed by atoms with Crippen LogP contribution in [0.4, 0.5) is 0 Å². The van der Waals surface area contributed by atoms with Crippen LogP contribution in [0.3, 0.4) is 0 Å². The van der Waals surface area contributed by atoms with Gasteiger partial charge >= 0.3 is 7.82 Å². The molecule has 3 atom stereocenters. The number of aliphatic hydroxyl groups excluding tert-OH is 1. The van der Waals surface area contributed by atoms with Crippen molar-refractivity contribution in [2.45, 2.75) is 187 Å². The van der Waals surface area contributed by atoms with Crippen LogP contribution in [0.15, 0.2) is 48.6 Å². The Morgan fingerprint density at radius 2 is 1.10 bits per heavy atom. The van der Waals surface area contributed by atoms with Gasteiger partial charge in [0.05, 0.1) is 25.4 Å². The minimum Gasteiger partial charge on any atom is -0.387 e. The largest absolute Gasteiger partial charge is 0.472 e. The molecule has 8 nitrogen and oxygen atoms in total. The second kappa shape index (κ2) is 37.2. The van der Waals surface area contributed by atoms with E-state index < -0.39 is 20.0 Å². The van der Waals surface area contributed by atoms with Crippen molar-refractivity contribution in [2.75, 3.05) is 19.8 Å². The number of hydrogen-bond acceptors (Lipinski definition) is 6. The van der Waals surface area contributed by atoms with Gasteiger partial charge in [0.2, 0.25) is 5.91 Å². The van der Waals surface area contributed by atoms with Crippen molar-refractivity contribution < 1.29 is 28.4 Å². The zero-order valence-corrected chi connectivity index (χ0v) is 33.0. The zero-order chi connectivity index (χ0) is 36.8. The van der Waals surface area contributed by atoms with Crippen molar-refractivity contribution >= 4 is 13.7 Å². The fourth-order valence-corrected chi connectivity index (χ4v) is 6.31. The van der Waals surface area contributed by atoms with E-state index in [-0.39, 0.29) is 25.7 Å². The first kappa shape index (κ1) is 48.5. The van der Waals surface area contributed by atoms with Gasteiger partial charge in [-0.2, -0.15) is 0 Å². The van der Waals surface area contributed by atoms with E-state index in [1.165, 1.54) is 89.9 Å². The zero-order valence-electron chi connectivity index (χ0n) is 32.1. The van der Waals surface area contributed by atoms with Crippen LogP contribution in [0.25, 0.3) is 0 Å². The summed E-state index contributed by atoms with van der Waals surface area (Å²) in [6.45, 7) is 4.07. The van der Waals surface area contributed by atoms with E-state index in [9.17, 15) is 19.4 Å². The minimum absolute atomic E-state index is 0.0743. The number of hydrogen-bond donors (Lipinski definition) is 4. The highest BCUT2D eigenvalue weighted by Gasteiger charge is 2.26. The van der Waals surface area contributed by atoms with Gasteiger partial charge < -0.3 is 21.1 Å². The van der Waals surface area contributed by atoms with E-state index in [4.69, 9.17) is 14.8 Å². The maximum Gasteiger partial charge on any atom is 0.472 e. The molecule has 50 heavy (non-hydrogen) atoms. The quantitative estimate of drug-likeness (QED) is 0.0285. The third-order valence-electron chi connectivity index (χ3n) is 8.65. The number of aliphatic hydroxyl groups is 1. The Hall–Kier alpha value is -1.54. The molecule has 0 aromatic heterocycles. The number of nitrogens with two attached hydrogens (primary N) is 1. The van der Waals surface area contributed by atoms with Crippen molar-refractivity contribution in [2.24, 2.45) is 5.73 Å². The van der Waals surface area contributed by atoms with E-state index >= 15 is 0 Å². The lowest BCUT2D eigenvalue weighted by molar-refractivity contribution is -0.123. The van der Waals surface area contributed by atoms with Gasteiger partial charge in [-0.1, -0.05) is 159 Å². The first-order valence-corrected chi connectivity index (χ1v) is 21.8. The third-order valence-corrected chi connectivity index (χ3v) is 9.63. The topological polar surface area (TPSA) is 131 Å². The van der Waals surface area contributed by atoms with Crippen molar-refractivity contribution in [3.8, 4) is 0 Å². The number of allylic oxidation sites excluding steroid dienone is 7. The summed E-state index contributed by atoms with van der Waals surface area (Å²) >= 11 is 0. The SMILES string of the molecule is CCCCCCC/C=C\C/C=C\C/C=C\CCCCCCCCC(=O)NC(COP(=O)(O)OCCN)C(O)/C=C/CCCCCCCCCC. The fraction of sp³-hybridized carbons (Fsp3) is 0.780. The van der Waals surface area contributed by atoms with Crippen LogP contribution in [0, 0.1) is 0 Å². The van der Waals surface area contributed by atoms with Crippen molar-refractivity contribution in [3.05, 3.63) is 48.6 Å². The van der Waals surface area contributed by atoms with Crippen molar-refractivity contribution in [3.63, 3.8) is 0 Å². The van der Waals surface area contributed by atoms with E-state index in [0.29, 0.717) is 6.42 Å². The summed E-state index contributed by atoms with van der Waals surface area (Å²) in [5.41, 5.74) is 5.35. The molecule has 9 heteroatoms. The van der Waals surface area contributed by atoms with Gasteiger partial charge in [-0.05, 0) is 57.8 Å². The highest BCUT2D eigenvalue weighted by molar-refractivity contribution is 7.47. The molecule has 0 spiro atoms. The molecule has 0 saturated carbocycles. The summed E-state index contributed by atoms with van der Waals surface area (Å²) in [7, 11) is -4.34. The van der Waals surface area contributed by atoms with E-state index in [2.05, 4.69) is 55.6 Å². The Balaban J connectivity index is 4.22. The number of rotatable bonds is 37. The number of phosphoric ester groups is 1. The number of nitrogens with one attached hydrogen (secondary N) is 1. The molecule has 0 heterocycles. The fourth-order valence-electron chi connectivity index (χ4n) is 5.55. The number of unbranched alkanes of at least 4 members (excludes halogenated alkanes) is 19. The molecule has 5 N–H and O–H groups in total. The van der Waals surface area contributed by atoms with E-state index in [0.717, 1.165) is 64.2 Å². The summed E-state index contributed by atoms with van der Waals surface area (Å²) in [6, 6.07) is -0.866. The number of phosphoric acid groups is 1. The van der Waals surface area contributed by atoms with Gasteiger partial charge in [-0.3, -0.25) is 13.8 Å². The molecule has 0 aliphatic heterocycles. The Kier molecular flexibility index (Phi) is 36.1. The molecular weight excluding hydrogens is 647 g/mol. The molecule has 292 valence electrons. The van der Waals surface area contributed by atoms with Crippen molar-refractivity contribution in [1.82, 2.24) is 5.32 Å². The van der Waals surface area contributed by atoms with Crippen LogP contribution in [-0.4, -0.2) is 47.8 Å². The normalized spacial score (nSPS) is 14.7. The molecule has 0 bridgehead atoms. The average Bonchev–Trinajstić information content (AvgIpc) is 3.10. The van der Waals surface area contributed by atoms with Crippen LogP contribution in [-0.2, 0) is 18.4 Å². The molecule has 0 saturated heterocycles. The summed E-state index contributed by atoms with van der Waals surface area (Å²) < 4.78 is 22.0. The van der Waals surface area contributed by atoms with Gasteiger partial charge in [-0.25, -0.2) is 4.57 Å². The third kappa shape index (κ3) is 34.9. The van der Waals surface area contributed by atoms with Gasteiger partial charge in [0.15, 0.2) is 0 Å². The molecule has 0 aromatic rings. The van der Waals surface area contributed by atoms with Crippen LogP contribution in [0.5, 0.6) is 0 Å². The Labute approximate surface area is 307 Å². The maximum absolute atomic E-state index is 12.7. The highest BCUT2D eigenvalue weighted by Crippen LogP contribution is 2.43. The lowest BCUT2D eigenvalue weighted by Gasteiger charge is -2.23. The number of carbonyl (C=O) groups is 1. The summed E-state index contributed by atoms with van der Waals surface area (Å²) in [4.78, 5) is 22.6. The maximum atomic E-state index is 12.7. The molecule has 0 aliphatic rings. The first-order valence-electron chi connectivity index (χ1n) is 20.3. The smallest absolute Gasteiger partial charge is 0.387 e. The van der Waals surface area contributed by atoms with Gasteiger partial charge in [0.25, 0.3) is 0 Å². The number of carbonyl (C=O) groups excluding carboxylic acids is 1. The van der Waals surface area contributed by atoms with Crippen LogP contribution in [0.2, 0.25) is 0 Å². The molecule has 0 aromatic carbocycles. The molecule has 0 aliphatic carbocycles. The Bertz CT molecular complexity index is 923. The molecule has 1 amide bonds. The summed E-state index contributed by atoms with van der Waals surface area (Å²) in [5.74, 6) is -0.210. The lowest BCUT2D eigenvalue weighted by atomic mass is 10.1. The second-order valence-electron chi connectivity index (χ2n) is 13.5. The molecule has 3 unspecified atom stereocenters. The van der Waals surface area contributed by atoms with Crippen molar-refractivity contribution in [1.29, 1.82) is 0 Å². The van der Waals surface area contributed by atoms with Crippen LogP contribution < -0.4 is 11.1 Å². The summed E-state index contributed by atoms with van der Waals surface area (Å²) in [5, 5.41) is 13.6. The molecular formula is C41H77N2O6P. The standard InChI is InChI=1S/C41H77N2O6P/c1-3-5-7-9-11-13-15-16-17-18-19-20-21-22-23-24-25-27-29-31-33-35-41(45)43-39(38-49-50(46,47)48-37-36-42)40(44)34-32-30-28-26-14-12-10-8-6-4-2/h15-16,18-19,21-22,32,34,39-40,44H,3-14,17,20,23-31,33,35-38,42H2,1-2H3,(H,43,45)(H,46,47)/b16-15-,19-18-,22-21-,34-32+. The highest BCUT2D eigenvalue weighted by atomic mass is 31.2. The predicted molar refractivity (Wildman–Crippen MR) is 212 cm³/mol. The van der Waals surface area contributed by atoms with E-state index in [1.54, 1.807) is 6.08 Å². The Morgan fingerprint density at radius 3 is 1.60 bits per heavy atom. The molecule has 0 fully saturated rings. The monoisotopic (exact) mass is 725 g/mol. The molecule has 0 radical (unpaired) electrons.